The van der Waals surface area contributed by atoms with E-state index in [4.69, 9.17) is 10.5 Å². The minimum atomic E-state index is -0.976. The second kappa shape index (κ2) is 12.4. The van der Waals surface area contributed by atoms with E-state index in [1.165, 1.54) is 6.20 Å². The van der Waals surface area contributed by atoms with Gasteiger partial charge in [0, 0.05) is 29.6 Å². The van der Waals surface area contributed by atoms with E-state index in [2.05, 4.69) is 20.6 Å². The molecule has 202 valence electrons. The van der Waals surface area contributed by atoms with Crippen molar-refractivity contribution in [2.24, 2.45) is 5.73 Å². The van der Waals surface area contributed by atoms with Gasteiger partial charge in [0.05, 0.1) is 55.0 Å². The number of morpholine rings is 1. The molecule has 3 heterocycles. The Morgan fingerprint density at radius 3 is 2.72 bits per heavy atom. The summed E-state index contributed by atoms with van der Waals surface area (Å²) >= 11 is 0. The van der Waals surface area contributed by atoms with E-state index in [0.717, 1.165) is 28.2 Å². The summed E-state index contributed by atoms with van der Waals surface area (Å²) < 4.78 is 20.7. The highest BCUT2D eigenvalue weighted by atomic mass is 19.1. The number of carbonyl (C=O) groups excluding carboxylic acids is 1. The van der Waals surface area contributed by atoms with Gasteiger partial charge in [-0.3, -0.25) is 14.8 Å². The first-order chi connectivity index (χ1) is 19.0. The third-order valence-corrected chi connectivity index (χ3v) is 7.21. The lowest BCUT2D eigenvalue weighted by atomic mass is 9.83. The number of fused-ring (bicyclic) bond motifs is 1. The first kappa shape index (κ1) is 26.8. The highest BCUT2D eigenvalue weighted by Gasteiger charge is 2.30. The van der Waals surface area contributed by atoms with Crippen LogP contribution in [0.15, 0.2) is 79.3 Å². The second-order valence-electron chi connectivity index (χ2n) is 9.75. The van der Waals surface area contributed by atoms with Gasteiger partial charge in [-0.1, -0.05) is 48.5 Å². The lowest BCUT2D eigenvalue weighted by Gasteiger charge is -2.29. The van der Waals surface area contributed by atoms with E-state index >= 15 is 0 Å². The third kappa shape index (κ3) is 6.12. The number of nitrogens with two attached hydrogens (primary N) is 1. The van der Waals surface area contributed by atoms with E-state index in [9.17, 15) is 14.3 Å². The molecule has 4 atom stereocenters. The number of para-hydroxylation sites is 1. The molecule has 4 aromatic rings. The van der Waals surface area contributed by atoms with Gasteiger partial charge in [-0.15, -0.1) is 0 Å². The number of rotatable bonds is 9. The molecular formula is C30H32FN5O3. The van der Waals surface area contributed by atoms with Crippen LogP contribution in [-0.2, 0) is 16.0 Å². The third-order valence-electron chi connectivity index (χ3n) is 7.21. The molecule has 0 spiro atoms. The van der Waals surface area contributed by atoms with E-state index in [-0.39, 0.29) is 18.8 Å². The van der Waals surface area contributed by atoms with Crippen molar-refractivity contribution < 1.29 is 19.0 Å². The molecule has 2 aromatic heterocycles. The SMILES string of the molecule is N[C@H](C(=O)Nc1cncc(F)c1CC[C@@H]1CN[C@H](CO)CO1)C(c1ccccc1)c1ccnc2ccccc12. The lowest BCUT2D eigenvalue weighted by molar-refractivity contribution is -0.117. The second-order valence-corrected chi connectivity index (χ2v) is 9.75. The fraction of sp³-hybridized carbons (Fsp3) is 0.300. The highest BCUT2D eigenvalue weighted by molar-refractivity contribution is 5.97. The number of hydrogen-bond donors (Lipinski definition) is 4. The molecular weight excluding hydrogens is 497 g/mol. The largest absolute Gasteiger partial charge is 0.395 e. The summed E-state index contributed by atoms with van der Waals surface area (Å²) in [5, 5.41) is 16.2. The molecule has 8 nitrogen and oxygen atoms in total. The van der Waals surface area contributed by atoms with E-state index in [1.54, 1.807) is 6.20 Å². The van der Waals surface area contributed by atoms with Gasteiger partial charge < -0.3 is 26.2 Å². The summed E-state index contributed by atoms with van der Waals surface area (Å²) in [7, 11) is 0. The van der Waals surface area contributed by atoms with Gasteiger partial charge in [-0.05, 0) is 36.1 Å². The molecule has 1 amide bonds. The maximum atomic E-state index is 14.9. The van der Waals surface area contributed by atoms with Crippen molar-refractivity contribution in [2.45, 2.75) is 36.9 Å². The van der Waals surface area contributed by atoms with Crippen LogP contribution < -0.4 is 16.4 Å². The molecule has 5 rings (SSSR count). The molecule has 1 aliphatic rings. The average molecular weight is 530 g/mol. The number of carbonyl (C=O) groups is 1. The van der Waals surface area contributed by atoms with Crippen LogP contribution in [0.3, 0.4) is 0 Å². The molecule has 9 heteroatoms. The number of aliphatic hydroxyl groups excluding tert-OH is 1. The standard InChI is InChI=1S/C30H32FN5O3/c31-25-15-33-16-27(24(25)11-10-21-14-35-20(17-37)18-39-21)36-30(38)29(32)28(19-6-2-1-3-7-19)23-12-13-34-26-9-5-4-8-22(23)26/h1-9,12-13,15-16,20-21,28-29,35,37H,10-11,14,17-18,32H2,(H,36,38)/t20-,21-,28?,29+/m1/s1. The normalized spacial score (nSPS) is 18.9. The number of pyridine rings is 2. The summed E-state index contributed by atoms with van der Waals surface area (Å²) in [6.45, 7) is 0.952. The molecule has 0 saturated carbocycles. The Morgan fingerprint density at radius 1 is 1.15 bits per heavy atom. The van der Waals surface area contributed by atoms with E-state index in [0.29, 0.717) is 37.2 Å². The summed E-state index contributed by atoms with van der Waals surface area (Å²) in [6, 6.07) is 18.2. The summed E-state index contributed by atoms with van der Waals surface area (Å²) in [5.41, 5.74) is 9.90. The van der Waals surface area contributed by atoms with Crippen molar-refractivity contribution in [3.8, 4) is 0 Å². The predicted molar refractivity (Wildman–Crippen MR) is 148 cm³/mol. The Hall–Kier alpha value is -3.76. The molecule has 1 fully saturated rings. The Morgan fingerprint density at radius 2 is 1.95 bits per heavy atom. The number of aliphatic hydroxyl groups is 1. The zero-order valence-electron chi connectivity index (χ0n) is 21.5. The Bertz CT molecular complexity index is 1410. The van der Waals surface area contributed by atoms with Crippen LogP contribution in [0.5, 0.6) is 0 Å². The van der Waals surface area contributed by atoms with Crippen LogP contribution in [0.25, 0.3) is 10.9 Å². The van der Waals surface area contributed by atoms with Crippen molar-refractivity contribution in [3.63, 3.8) is 0 Å². The zero-order valence-corrected chi connectivity index (χ0v) is 21.5. The molecule has 0 radical (unpaired) electrons. The van der Waals surface area contributed by atoms with Gasteiger partial charge in [0.1, 0.15) is 5.82 Å². The topological polar surface area (TPSA) is 122 Å². The number of halogens is 1. The van der Waals surface area contributed by atoms with Gasteiger partial charge in [-0.2, -0.15) is 0 Å². The number of anilines is 1. The van der Waals surface area contributed by atoms with Crippen molar-refractivity contribution in [1.82, 2.24) is 15.3 Å². The quantitative estimate of drug-likeness (QED) is 0.263. The Labute approximate surface area is 226 Å². The maximum absolute atomic E-state index is 14.9. The van der Waals surface area contributed by atoms with Gasteiger partial charge in [-0.25, -0.2) is 4.39 Å². The van der Waals surface area contributed by atoms with Crippen molar-refractivity contribution in [3.05, 3.63) is 102 Å². The van der Waals surface area contributed by atoms with E-state index < -0.39 is 23.7 Å². The van der Waals surface area contributed by atoms with Gasteiger partial charge in [0.25, 0.3) is 0 Å². The van der Waals surface area contributed by atoms with Gasteiger partial charge in [0.15, 0.2) is 0 Å². The molecule has 0 bridgehead atoms. The molecule has 5 N–H and O–H groups in total. The zero-order chi connectivity index (χ0) is 27.2. The number of hydrogen-bond acceptors (Lipinski definition) is 7. The van der Waals surface area contributed by atoms with Crippen molar-refractivity contribution >= 4 is 22.5 Å². The Balaban J connectivity index is 1.39. The minimum Gasteiger partial charge on any atom is -0.395 e. The molecule has 0 aliphatic carbocycles. The number of benzene rings is 2. The van der Waals surface area contributed by atoms with Gasteiger partial charge in [0.2, 0.25) is 5.91 Å². The summed E-state index contributed by atoms with van der Waals surface area (Å²) in [4.78, 5) is 22.0. The van der Waals surface area contributed by atoms with Gasteiger partial charge >= 0.3 is 0 Å². The minimum absolute atomic E-state index is 0.00139. The van der Waals surface area contributed by atoms with Crippen LogP contribution >= 0.6 is 0 Å². The van der Waals surface area contributed by atoms with Crippen LogP contribution in [0, 0.1) is 5.82 Å². The maximum Gasteiger partial charge on any atom is 0.242 e. The summed E-state index contributed by atoms with van der Waals surface area (Å²) in [6.07, 6.45) is 5.06. The number of nitrogens with one attached hydrogen (secondary N) is 2. The molecule has 1 saturated heterocycles. The first-order valence-electron chi connectivity index (χ1n) is 13.1. The molecule has 39 heavy (non-hydrogen) atoms. The average Bonchev–Trinajstić information content (AvgIpc) is 2.98. The van der Waals surface area contributed by atoms with Crippen LogP contribution in [0.2, 0.25) is 0 Å². The molecule has 1 unspecified atom stereocenters. The van der Waals surface area contributed by atoms with Crippen molar-refractivity contribution in [2.75, 3.05) is 25.1 Å². The number of aromatic nitrogens is 2. The highest BCUT2D eigenvalue weighted by Crippen LogP contribution is 2.33. The summed E-state index contributed by atoms with van der Waals surface area (Å²) in [5.74, 6) is -1.41. The molecule has 1 aliphatic heterocycles. The van der Waals surface area contributed by atoms with E-state index in [1.807, 2.05) is 60.7 Å². The fourth-order valence-electron chi connectivity index (χ4n) is 5.10. The number of nitrogens with zero attached hydrogens (tertiary/aromatic N) is 2. The van der Waals surface area contributed by atoms with Crippen LogP contribution in [0.4, 0.5) is 10.1 Å². The number of amides is 1. The fourth-order valence-corrected chi connectivity index (χ4v) is 5.10. The number of ether oxygens (including phenoxy) is 1. The lowest BCUT2D eigenvalue weighted by Crippen LogP contribution is -2.48. The smallest absolute Gasteiger partial charge is 0.242 e. The monoisotopic (exact) mass is 529 g/mol. The first-order valence-corrected chi connectivity index (χ1v) is 13.1. The van der Waals surface area contributed by atoms with Crippen LogP contribution in [0.1, 0.15) is 29.0 Å². The Kier molecular flexibility index (Phi) is 8.53. The van der Waals surface area contributed by atoms with Crippen molar-refractivity contribution in [1.29, 1.82) is 0 Å². The van der Waals surface area contributed by atoms with Crippen LogP contribution in [-0.4, -0.2) is 58.9 Å². The predicted octanol–water partition coefficient (Wildman–Crippen LogP) is 3.15. The molecule has 2 aromatic carbocycles.